The van der Waals surface area contributed by atoms with Gasteiger partial charge < -0.3 is 4.90 Å². The summed E-state index contributed by atoms with van der Waals surface area (Å²) in [6.07, 6.45) is 1.14. The number of rotatable bonds is 4. The number of hydrogen-bond acceptors (Lipinski definition) is 2. The molecule has 0 aromatic heterocycles. The van der Waals surface area contributed by atoms with E-state index >= 15 is 0 Å². The zero-order chi connectivity index (χ0) is 15.2. The van der Waals surface area contributed by atoms with Gasteiger partial charge in [-0.25, -0.2) is 0 Å². The molecule has 21 heavy (non-hydrogen) atoms. The lowest BCUT2D eigenvalue weighted by Gasteiger charge is -2.18. The molecule has 0 spiro atoms. The van der Waals surface area contributed by atoms with E-state index in [1.165, 1.54) is 5.56 Å². The Hall–Kier alpha value is -2.60. The third-order valence-corrected chi connectivity index (χ3v) is 3.51. The number of nitriles is 1. The predicted molar refractivity (Wildman–Crippen MR) is 84.1 cm³/mol. The van der Waals surface area contributed by atoms with E-state index < -0.39 is 0 Å². The van der Waals surface area contributed by atoms with Crippen LogP contribution in [0.25, 0.3) is 0 Å². The van der Waals surface area contributed by atoms with Gasteiger partial charge in [0.2, 0.25) is 5.91 Å². The Kier molecular flexibility index (Phi) is 4.73. The molecular weight excluding hydrogens is 260 g/mol. The summed E-state index contributed by atoms with van der Waals surface area (Å²) in [5.74, 6) is 0.0123. The van der Waals surface area contributed by atoms with E-state index in [0.717, 1.165) is 5.56 Å². The summed E-state index contributed by atoms with van der Waals surface area (Å²) < 4.78 is 0. The summed E-state index contributed by atoms with van der Waals surface area (Å²) in [6.45, 7) is 2.04. The van der Waals surface area contributed by atoms with E-state index in [1.54, 1.807) is 30.1 Å². The molecule has 0 bridgehead atoms. The molecule has 3 nitrogen and oxygen atoms in total. The highest BCUT2D eigenvalue weighted by atomic mass is 16.2. The molecule has 0 heterocycles. The van der Waals surface area contributed by atoms with Gasteiger partial charge >= 0.3 is 0 Å². The minimum atomic E-state index is 0.0123. The van der Waals surface area contributed by atoms with Crippen LogP contribution in [0.15, 0.2) is 48.5 Å². The van der Waals surface area contributed by atoms with E-state index in [9.17, 15) is 4.79 Å². The van der Waals surface area contributed by atoms with Gasteiger partial charge in [0, 0.05) is 13.5 Å². The molecule has 0 saturated carbocycles. The minimum Gasteiger partial charge on any atom is -0.314 e. The van der Waals surface area contributed by atoms with E-state index in [2.05, 4.69) is 18.2 Å². The molecule has 0 aliphatic rings. The molecule has 1 amide bonds. The maximum absolute atomic E-state index is 12.3. The number of amides is 1. The normalized spacial score (nSPS) is 9.95. The maximum Gasteiger partial charge on any atom is 0.227 e. The zero-order valence-corrected chi connectivity index (χ0v) is 12.3. The van der Waals surface area contributed by atoms with Gasteiger partial charge in [-0.1, -0.05) is 42.0 Å². The maximum atomic E-state index is 12.3. The van der Waals surface area contributed by atoms with Gasteiger partial charge in [-0.15, -0.1) is 0 Å². The van der Waals surface area contributed by atoms with Crippen molar-refractivity contribution in [1.82, 2.24) is 0 Å². The van der Waals surface area contributed by atoms with Crippen molar-refractivity contribution in [3.05, 3.63) is 65.2 Å². The van der Waals surface area contributed by atoms with Crippen molar-refractivity contribution in [2.75, 3.05) is 11.9 Å². The molecule has 0 unspecified atom stereocenters. The van der Waals surface area contributed by atoms with Gasteiger partial charge in [0.1, 0.15) is 6.07 Å². The second-order valence-electron chi connectivity index (χ2n) is 5.07. The Morgan fingerprint density at radius 2 is 1.81 bits per heavy atom. The molecule has 0 atom stereocenters. The van der Waals surface area contributed by atoms with Crippen LogP contribution >= 0.6 is 0 Å². The highest BCUT2D eigenvalue weighted by Crippen LogP contribution is 2.19. The summed E-state index contributed by atoms with van der Waals surface area (Å²) in [5.41, 5.74) is 3.54. The molecule has 2 aromatic carbocycles. The van der Waals surface area contributed by atoms with Crippen LogP contribution in [-0.4, -0.2) is 13.0 Å². The van der Waals surface area contributed by atoms with E-state index in [4.69, 9.17) is 5.26 Å². The molecule has 3 heteroatoms. The molecule has 0 radical (unpaired) electrons. The molecule has 0 aliphatic carbocycles. The monoisotopic (exact) mass is 278 g/mol. The average molecular weight is 278 g/mol. The van der Waals surface area contributed by atoms with Gasteiger partial charge in [0.15, 0.2) is 0 Å². The highest BCUT2D eigenvalue weighted by Gasteiger charge is 2.13. The van der Waals surface area contributed by atoms with Crippen molar-refractivity contribution in [3.63, 3.8) is 0 Å². The summed E-state index contributed by atoms with van der Waals surface area (Å²) in [4.78, 5) is 13.8. The molecule has 106 valence electrons. The Morgan fingerprint density at radius 3 is 2.48 bits per heavy atom. The minimum absolute atomic E-state index is 0.0123. The molecule has 0 fully saturated rings. The number of para-hydroxylation sites is 1. The first kappa shape index (κ1) is 14.8. The van der Waals surface area contributed by atoms with E-state index in [0.29, 0.717) is 24.1 Å². The first-order chi connectivity index (χ1) is 10.1. The lowest BCUT2D eigenvalue weighted by Crippen LogP contribution is -2.27. The molecule has 2 rings (SSSR count). The summed E-state index contributed by atoms with van der Waals surface area (Å²) >= 11 is 0. The lowest BCUT2D eigenvalue weighted by molar-refractivity contribution is -0.118. The van der Waals surface area contributed by atoms with Crippen LogP contribution in [0.2, 0.25) is 0 Å². The number of hydrogen-bond donors (Lipinski definition) is 0. The predicted octanol–water partition coefficient (Wildman–Crippen LogP) is 3.46. The number of carbonyl (C=O) groups excluding carboxylic acids is 1. The number of nitrogens with zero attached hydrogens (tertiary/aromatic N) is 2. The summed E-state index contributed by atoms with van der Waals surface area (Å²) in [5, 5.41) is 9.10. The zero-order valence-electron chi connectivity index (χ0n) is 12.3. The Balaban J connectivity index is 2.03. The molecule has 2 aromatic rings. The molecule has 0 aliphatic heterocycles. The smallest absolute Gasteiger partial charge is 0.227 e. The lowest BCUT2D eigenvalue weighted by atomic mass is 10.1. The van der Waals surface area contributed by atoms with Crippen LogP contribution in [0.4, 0.5) is 5.69 Å². The van der Waals surface area contributed by atoms with Crippen molar-refractivity contribution in [3.8, 4) is 6.07 Å². The van der Waals surface area contributed by atoms with Crippen molar-refractivity contribution in [2.24, 2.45) is 0 Å². The van der Waals surface area contributed by atoms with Gasteiger partial charge in [-0.2, -0.15) is 5.26 Å². The quantitative estimate of drug-likeness (QED) is 0.859. The van der Waals surface area contributed by atoms with Crippen molar-refractivity contribution >= 4 is 11.6 Å². The third-order valence-electron chi connectivity index (χ3n) is 3.51. The fourth-order valence-corrected chi connectivity index (χ4v) is 2.17. The average Bonchev–Trinajstić information content (AvgIpc) is 2.53. The summed E-state index contributed by atoms with van der Waals surface area (Å²) in [6, 6.07) is 17.5. The van der Waals surface area contributed by atoms with Gasteiger partial charge in [-0.3, -0.25) is 4.79 Å². The van der Waals surface area contributed by atoms with Crippen LogP contribution in [0.3, 0.4) is 0 Å². The topological polar surface area (TPSA) is 44.1 Å². The molecule has 0 N–H and O–H groups in total. The number of benzene rings is 2. The highest BCUT2D eigenvalue weighted by molar-refractivity contribution is 5.94. The fourth-order valence-electron chi connectivity index (χ4n) is 2.17. The first-order valence-electron chi connectivity index (χ1n) is 6.93. The summed E-state index contributed by atoms with van der Waals surface area (Å²) in [7, 11) is 1.72. The molecule has 0 saturated heterocycles. The van der Waals surface area contributed by atoms with E-state index in [-0.39, 0.29) is 5.91 Å². The van der Waals surface area contributed by atoms with E-state index in [1.807, 2.05) is 25.1 Å². The van der Waals surface area contributed by atoms with Crippen LogP contribution in [0.1, 0.15) is 23.1 Å². The number of carbonyl (C=O) groups is 1. The largest absolute Gasteiger partial charge is 0.314 e. The van der Waals surface area contributed by atoms with Gasteiger partial charge in [-0.05, 0) is 31.0 Å². The van der Waals surface area contributed by atoms with Crippen molar-refractivity contribution in [1.29, 1.82) is 5.26 Å². The SMILES string of the molecule is Cc1ccc(CCC(=O)N(C)c2ccccc2C#N)cc1. The van der Waals surface area contributed by atoms with Crippen LogP contribution in [0, 0.1) is 18.3 Å². The standard InChI is InChI=1S/C18H18N2O/c1-14-7-9-15(10-8-14)11-12-18(21)20(2)17-6-4-3-5-16(17)13-19/h3-10H,11-12H2,1-2H3. The Morgan fingerprint density at radius 1 is 1.14 bits per heavy atom. The van der Waals surface area contributed by atoms with Crippen molar-refractivity contribution < 1.29 is 4.79 Å². The van der Waals surface area contributed by atoms with Crippen molar-refractivity contribution in [2.45, 2.75) is 19.8 Å². The first-order valence-corrected chi connectivity index (χ1v) is 6.93. The van der Waals surface area contributed by atoms with Crippen LogP contribution in [-0.2, 0) is 11.2 Å². The number of anilines is 1. The van der Waals surface area contributed by atoms with Crippen LogP contribution in [0.5, 0.6) is 0 Å². The second kappa shape index (κ2) is 6.71. The molecular formula is C18H18N2O. The third kappa shape index (κ3) is 3.70. The van der Waals surface area contributed by atoms with Gasteiger partial charge in [0.25, 0.3) is 0 Å². The fraction of sp³-hybridized carbons (Fsp3) is 0.222. The van der Waals surface area contributed by atoms with Gasteiger partial charge in [0.05, 0.1) is 11.3 Å². The Bertz CT molecular complexity index is 668. The number of aryl methyl sites for hydroxylation is 2. The second-order valence-corrected chi connectivity index (χ2v) is 5.07. The van der Waals surface area contributed by atoms with Crippen LogP contribution < -0.4 is 4.90 Å². The Labute approximate surface area is 125 Å².